The van der Waals surface area contributed by atoms with Gasteiger partial charge in [-0.05, 0) is 63.8 Å². The molecular weight excluding hydrogens is 725 g/mol. The molecule has 0 amide bonds. The van der Waals surface area contributed by atoms with Crippen molar-refractivity contribution < 1.29 is 8.83 Å². The van der Waals surface area contributed by atoms with Crippen LogP contribution >= 0.6 is 0 Å². The lowest BCUT2D eigenvalue weighted by molar-refractivity contribution is 0.125. The predicted octanol–water partition coefficient (Wildman–Crippen LogP) is 14.7. The molecule has 4 heterocycles. The van der Waals surface area contributed by atoms with E-state index < -0.39 is 10.8 Å². The van der Waals surface area contributed by atoms with Crippen molar-refractivity contribution in [3.05, 3.63) is 149 Å². The number of benzene rings is 7. The fourth-order valence-corrected chi connectivity index (χ4v) is 10.9. The smallest absolute Gasteiger partial charge is 0.230 e. The van der Waals surface area contributed by atoms with Crippen LogP contribution in [0.1, 0.15) is 58.2 Å². The van der Waals surface area contributed by atoms with Gasteiger partial charge in [-0.3, -0.25) is 0 Å². The molecule has 11 aromatic rings. The van der Waals surface area contributed by atoms with E-state index in [1.54, 1.807) is 0 Å². The SMILES string of the molecule is [C-]#[N+]c1c(C#N)c(-n2c3ccccc3c3ccc4c5ccccc5oc4c32)c2c(c1-n1c3ccccc3c3ccc4c5ccccc5oc4c31)C(C)(C)C(C)(C)C2(C)C. The van der Waals surface area contributed by atoms with Gasteiger partial charge in [-0.15, -0.1) is 0 Å². The fraction of sp³-hybridized carbons (Fsp3) is 0.170. The van der Waals surface area contributed by atoms with Crippen LogP contribution in [0.2, 0.25) is 0 Å². The standard InChI is InChI=1S/C53H38N4O2/c1-51(2)42-43(52(3,4)53(51,5)6)48(57-39-21-13-9-17-30(39)34-25-27-36-32-19-11-15-23-41(32)59-50(36)47(34)57)44(55-7)37(28-54)45(42)56-38-20-12-8-16-29(38)33-24-26-35-31-18-10-14-22-40(31)58-49(35)46(33)56/h8-27H,1-6H3. The molecule has 0 N–H and O–H groups in total. The number of hydrogen-bond donors (Lipinski definition) is 0. The van der Waals surface area contributed by atoms with E-state index in [1.807, 2.05) is 36.4 Å². The number of aromatic nitrogens is 2. The topological polar surface area (TPSA) is 64.3 Å². The summed E-state index contributed by atoms with van der Waals surface area (Å²) in [6.07, 6.45) is 0. The van der Waals surface area contributed by atoms with Crippen LogP contribution in [0.5, 0.6) is 0 Å². The van der Waals surface area contributed by atoms with Crippen LogP contribution in [0.25, 0.3) is 104 Å². The lowest BCUT2D eigenvalue weighted by Gasteiger charge is -2.45. The maximum atomic E-state index is 11.7. The molecule has 4 aromatic heterocycles. The number of nitrogens with zero attached hydrogens (tertiary/aromatic N) is 4. The van der Waals surface area contributed by atoms with Crippen LogP contribution in [0.15, 0.2) is 130 Å². The molecule has 0 saturated heterocycles. The number of furan rings is 2. The van der Waals surface area contributed by atoms with E-state index >= 15 is 0 Å². The number of rotatable bonds is 2. The largest absolute Gasteiger partial charge is 0.454 e. The van der Waals surface area contributed by atoms with Crippen LogP contribution in [0.4, 0.5) is 5.69 Å². The van der Waals surface area contributed by atoms with Crippen LogP contribution in [-0.4, -0.2) is 9.13 Å². The second-order valence-corrected chi connectivity index (χ2v) is 17.8. The highest BCUT2D eigenvalue weighted by Gasteiger charge is 2.60. The number of nitriles is 1. The van der Waals surface area contributed by atoms with Gasteiger partial charge in [0.25, 0.3) is 0 Å². The number of hydrogen-bond acceptors (Lipinski definition) is 3. The molecule has 282 valence electrons. The first kappa shape index (κ1) is 33.8. The molecule has 0 radical (unpaired) electrons. The summed E-state index contributed by atoms with van der Waals surface area (Å²) in [6.45, 7) is 23.1. The first-order valence-corrected chi connectivity index (χ1v) is 20.2. The zero-order valence-corrected chi connectivity index (χ0v) is 33.7. The summed E-state index contributed by atoms with van der Waals surface area (Å²) >= 11 is 0. The van der Waals surface area contributed by atoms with Gasteiger partial charge in [0.15, 0.2) is 11.2 Å². The minimum Gasteiger partial charge on any atom is -0.454 e. The van der Waals surface area contributed by atoms with Gasteiger partial charge in [0.2, 0.25) is 5.69 Å². The van der Waals surface area contributed by atoms with Gasteiger partial charge >= 0.3 is 0 Å². The van der Waals surface area contributed by atoms with Gasteiger partial charge < -0.3 is 18.0 Å². The van der Waals surface area contributed by atoms with Crippen molar-refractivity contribution in [3.63, 3.8) is 0 Å². The molecule has 6 heteroatoms. The van der Waals surface area contributed by atoms with Crippen molar-refractivity contribution in [1.82, 2.24) is 9.13 Å². The lowest BCUT2D eigenvalue weighted by Crippen LogP contribution is -2.42. The van der Waals surface area contributed by atoms with Crippen molar-refractivity contribution in [2.24, 2.45) is 5.41 Å². The van der Waals surface area contributed by atoms with Crippen LogP contribution in [0.3, 0.4) is 0 Å². The maximum Gasteiger partial charge on any atom is 0.230 e. The zero-order chi connectivity index (χ0) is 40.3. The molecule has 0 fully saturated rings. The molecule has 7 aromatic carbocycles. The third-order valence-electron chi connectivity index (χ3n) is 14.8. The van der Waals surface area contributed by atoms with E-state index in [9.17, 15) is 5.26 Å². The molecule has 0 unspecified atom stereocenters. The fourth-order valence-electron chi connectivity index (χ4n) is 10.9. The van der Waals surface area contributed by atoms with Crippen molar-refractivity contribution >= 4 is 93.2 Å². The van der Waals surface area contributed by atoms with Gasteiger partial charge in [-0.2, -0.15) is 5.26 Å². The van der Waals surface area contributed by atoms with Crippen molar-refractivity contribution in [2.75, 3.05) is 0 Å². The Kier molecular flexibility index (Phi) is 6.31. The average molecular weight is 763 g/mol. The summed E-state index contributed by atoms with van der Waals surface area (Å²) in [6, 6.07) is 44.5. The summed E-state index contributed by atoms with van der Waals surface area (Å²) in [4.78, 5) is 4.44. The summed E-state index contributed by atoms with van der Waals surface area (Å²) in [5, 5.41) is 20.0. The van der Waals surface area contributed by atoms with Gasteiger partial charge in [0.1, 0.15) is 11.2 Å². The zero-order valence-electron chi connectivity index (χ0n) is 33.7. The second-order valence-electron chi connectivity index (χ2n) is 17.8. The van der Waals surface area contributed by atoms with Crippen molar-refractivity contribution in [1.29, 1.82) is 5.26 Å². The predicted molar refractivity (Wildman–Crippen MR) is 240 cm³/mol. The monoisotopic (exact) mass is 762 g/mol. The Morgan fingerprint density at radius 3 is 1.39 bits per heavy atom. The Morgan fingerprint density at radius 1 is 0.508 bits per heavy atom. The third kappa shape index (κ3) is 3.85. The highest BCUT2D eigenvalue weighted by Crippen LogP contribution is 2.66. The molecule has 12 rings (SSSR count). The second kappa shape index (κ2) is 11.0. The Morgan fingerprint density at radius 2 is 0.915 bits per heavy atom. The molecule has 0 bridgehead atoms. The average Bonchev–Trinajstić information content (AvgIpc) is 4.01. The summed E-state index contributed by atoms with van der Waals surface area (Å²) in [7, 11) is 0. The highest BCUT2D eigenvalue weighted by molar-refractivity contribution is 6.23. The Hall–Kier alpha value is -7.28. The van der Waals surface area contributed by atoms with E-state index in [4.69, 9.17) is 15.4 Å². The molecule has 0 aliphatic heterocycles. The minimum absolute atomic E-state index is 0.321. The molecule has 0 saturated carbocycles. The highest BCUT2D eigenvalue weighted by atomic mass is 16.3. The summed E-state index contributed by atoms with van der Waals surface area (Å²) in [5.74, 6) is 0. The summed E-state index contributed by atoms with van der Waals surface area (Å²) in [5.41, 5.74) is 9.77. The molecular formula is C53H38N4O2. The van der Waals surface area contributed by atoms with Gasteiger partial charge in [-0.1, -0.05) is 126 Å². The molecule has 6 nitrogen and oxygen atoms in total. The molecule has 0 spiro atoms. The Balaban J connectivity index is 1.36. The maximum absolute atomic E-state index is 11.7. The first-order valence-electron chi connectivity index (χ1n) is 20.2. The van der Waals surface area contributed by atoms with E-state index in [2.05, 4.69) is 147 Å². The van der Waals surface area contributed by atoms with E-state index in [1.165, 1.54) is 0 Å². The molecule has 1 aliphatic carbocycles. The first-order chi connectivity index (χ1) is 28.5. The van der Waals surface area contributed by atoms with E-state index in [0.29, 0.717) is 11.3 Å². The molecule has 0 atom stereocenters. The van der Waals surface area contributed by atoms with Gasteiger partial charge in [-0.25, -0.2) is 4.85 Å². The molecule has 59 heavy (non-hydrogen) atoms. The summed E-state index contributed by atoms with van der Waals surface area (Å²) < 4.78 is 18.1. The van der Waals surface area contributed by atoms with Gasteiger partial charge in [0.05, 0.1) is 51.6 Å². The van der Waals surface area contributed by atoms with Crippen molar-refractivity contribution in [2.45, 2.75) is 52.4 Å². The van der Waals surface area contributed by atoms with Crippen LogP contribution < -0.4 is 0 Å². The van der Waals surface area contributed by atoms with Crippen LogP contribution in [-0.2, 0) is 10.8 Å². The van der Waals surface area contributed by atoms with Gasteiger partial charge in [0, 0.05) is 43.1 Å². The van der Waals surface area contributed by atoms with Crippen LogP contribution in [0, 0.1) is 23.3 Å². The number of para-hydroxylation sites is 4. The molecule has 1 aliphatic rings. The normalized spacial score (nSPS) is 15.7. The quantitative estimate of drug-likeness (QED) is 0.165. The lowest BCUT2D eigenvalue weighted by atomic mass is 9.59. The Bertz CT molecular complexity index is 3540. The number of fused-ring (bicyclic) bond motifs is 15. The van der Waals surface area contributed by atoms with E-state index in [-0.39, 0.29) is 5.41 Å². The third-order valence-corrected chi connectivity index (χ3v) is 14.8. The van der Waals surface area contributed by atoms with Crippen molar-refractivity contribution in [3.8, 4) is 17.4 Å². The van der Waals surface area contributed by atoms with E-state index in [0.717, 1.165) is 110 Å². The Labute approximate surface area is 339 Å². The minimum atomic E-state index is -0.491.